The fourth-order valence-corrected chi connectivity index (χ4v) is 2.75. The molecule has 0 saturated carbocycles. The summed E-state index contributed by atoms with van der Waals surface area (Å²) in [5.74, 6) is -0.0160. The Kier molecular flexibility index (Phi) is 3.49. The number of aromatic nitrogens is 3. The van der Waals surface area contributed by atoms with Crippen LogP contribution < -0.4 is 5.73 Å². The molecule has 0 amide bonds. The number of H-pyrrole nitrogens is 1. The number of aromatic amines is 1. The molecule has 2 heterocycles. The molecule has 0 saturated heterocycles. The molecule has 0 aliphatic carbocycles. The minimum atomic E-state index is -0.0160. The molecular weight excluding hydrogens is 286 g/mol. The Morgan fingerprint density at radius 3 is 3.00 bits per heavy atom. The molecule has 1 aromatic carbocycles. The molecule has 0 radical (unpaired) electrons. The zero-order chi connectivity index (χ0) is 14.8. The van der Waals surface area contributed by atoms with Crippen LogP contribution in [0.2, 0.25) is 0 Å². The SMILES string of the molecule is Cc1ccc2nc(Sc3ccnc(C(N)=NO)c3)[nH]c2c1. The lowest BCUT2D eigenvalue weighted by Gasteiger charge is -2.01. The van der Waals surface area contributed by atoms with Crippen molar-refractivity contribution in [1.82, 2.24) is 15.0 Å². The molecule has 2 aromatic heterocycles. The van der Waals surface area contributed by atoms with Gasteiger partial charge in [0, 0.05) is 11.1 Å². The number of rotatable bonds is 3. The van der Waals surface area contributed by atoms with Gasteiger partial charge in [-0.3, -0.25) is 4.98 Å². The van der Waals surface area contributed by atoms with Crippen LogP contribution in [0.25, 0.3) is 11.0 Å². The van der Waals surface area contributed by atoms with Crippen molar-refractivity contribution in [2.75, 3.05) is 0 Å². The number of fused-ring (bicyclic) bond motifs is 1. The molecule has 0 fully saturated rings. The summed E-state index contributed by atoms with van der Waals surface area (Å²) in [4.78, 5) is 12.7. The number of nitrogens with one attached hydrogen (secondary N) is 1. The lowest BCUT2D eigenvalue weighted by molar-refractivity contribution is 0.318. The Labute approximate surface area is 125 Å². The third kappa shape index (κ3) is 2.82. The first-order chi connectivity index (χ1) is 10.2. The summed E-state index contributed by atoms with van der Waals surface area (Å²) in [6.45, 7) is 2.04. The van der Waals surface area contributed by atoms with Crippen LogP contribution in [0, 0.1) is 6.92 Å². The van der Waals surface area contributed by atoms with Gasteiger partial charge in [0.25, 0.3) is 0 Å². The van der Waals surface area contributed by atoms with E-state index in [0.29, 0.717) is 5.69 Å². The molecule has 0 atom stereocenters. The quantitative estimate of drug-likeness (QED) is 0.298. The summed E-state index contributed by atoms with van der Waals surface area (Å²) in [5, 5.41) is 12.4. The van der Waals surface area contributed by atoms with Crippen LogP contribution in [0.15, 0.2) is 51.7 Å². The van der Waals surface area contributed by atoms with Gasteiger partial charge < -0.3 is 15.9 Å². The summed E-state index contributed by atoms with van der Waals surface area (Å²) in [6, 6.07) is 9.66. The van der Waals surface area contributed by atoms with Crippen molar-refractivity contribution < 1.29 is 5.21 Å². The van der Waals surface area contributed by atoms with E-state index in [0.717, 1.165) is 21.1 Å². The Balaban J connectivity index is 1.91. The number of benzene rings is 1. The molecule has 4 N–H and O–H groups in total. The van der Waals surface area contributed by atoms with E-state index in [1.807, 2.05) is 25.1 Å². The second kappa shape index (κ2) is 5.45. The van der Waals surface area contributed by atoms with E-state index in [2.05, 4.69) is 26.2 Å². The molecule has 0 bridgehead atoms. The minimum Gasteiger partial charge on any atom is -0.409 e. The van der Waals surface area contributed by atoms with E-state index in [1.165, 1.54) is 17.3 Å². The molecule has 0 spiro atoms. The van der Waals surface area contributed by atoms with Crippen molar-refractivity contribution >= 4 is 28.6 Å². The monoisotopic (exact) mass is 299 g/mol. The van der Waals surface area contributed by atoms with Gasteiger partial charge in [-0.1, -0.05) is 23.0 Å². The molecule has 3 aromatic rings. The number of nitrogens with two attached hydrogens (primary N) is 1. The highest BCUT2D eigenvalue weighted by molar-refractivity contribution is 7.99. The fraction of sp³-hybridized carbons (Fsp3) is 0.0714. The van der Waals surface area contributed by atoms with Gasteiger partial charge in [-0.05, 0) is 36.8 Å². The summed E-state index contributed by atoms with van der Waals surface area (Å²) < 4.78 is 0. The van der Waals surface area contributed by atoms with Crippen LogP contribution in [0.1, 0.15) is 11.3 Å². The van der Waals surface area contributed by atoms with Crippen molar-refractivity contribution in [2.24, 2.45) is 10.9 Å². The van der Waals surface area contributed by atoms with E-state index in [9.17, 15) is 0 Å². The number of imidazole rings is 1. The first kappa shape index (κ1) is 13.4. The largest absolute Gasteiger partial charge is 0.409 e. The molecule has 0 unspecified atom stereocenters. The number of amidine groups is 1. The number of hydrogen-bond acceptors (Lipinski definition) is 5. The second-order valence-electron chi connectivity index (χ2n) is 4.53. The number of pyridine rings is 1. The Bertz CT molecular complexity index is 827. The topological polar surface area (TPSA) is 100 Å². The fourth-order valence-electron chi connectivity index (χ4n) is 1.93. The van der Waals surface area contributed by atoms with Crippen LogP contribution >= 0.6 is 11.8 Å². The maximum absolute atomic E-state index is 8.69. The Hall–Kier alpha value is -2.54. The normalized spacial score (nSPS) is 12.0. The Morgan fingerprint density at radius 2 is 2.19 bits per heavy atom. The Morgan fingerprint density at radius 1 is 1.33 bits per heavy atom. The average Bonchev–Trinajstić information content (AvgIpc) is 2.88. The van der Waals surface area contributed by atoms with E-state index >= 15 is 0 Å². The van der Waals surface area contributed by atoms with Crippen molar-refractivity contribution in [3.8, 4) is 0 Å². The van der Waals surface area contributed by atoms with Gasteiger partial charge in [0.1, 0.15) is 5.69 Å². The maximum atomic E-state index is 8.69. The number of nitrogens with zero attached hydrogens (tertiary/aromatic N) is 3. The molecule has 106 valence electrons. The van der Waals surface area contributed by atoms with E-state index < -0.39 is 0 Å². The first-order valence-corrected chi connectivity index (χ1v) is 7.05. The first-order valence-electron chi connectivity index (χ1n) is 6.24. The molecule has 6 nitrogen and oxygen atoms in total. The molecular formula is C14H13N5OS. The van der Waals surface area contributed by atoms with Crippen LogP contribution in [0.5, 0.6) is 0 Å². The van der Waals surface area contributed by atoms with Gasteiger partial charge in [0.05, 0.1) is 11.0 Å². The van der Waals surface area contributed by atoms with Crippen molar-refractivity contribution in [3.05, 3.63) is 47.8 Å². The van der Waals surface area contributed by atoms with Gasteiger partial charge >= 0.3 is 0 Å². The molecule has 3 rings (SSSR count). The van der Waals surface area contributed by atoms with Gasteiger partial charge in [0.2, 0.25) is 0 Å². The average molecular weight is 299 g/mol. The lowest BCUT2D eigenvalue weighted by atomic mass is 10.2. The third-order valence-corrected chi connectivity index (χ3v) is 3.81. The number of oxime groups is 1. The highest BCUT2D eigenvalue weighted by atomic mass is 32.2. The van der Waals surface area contributed by atoms with E-state index in [4.69, 9.17) is 10.9 Å². The van der Waals surface area contributed by atoms with Gasteiger partial charge in [0.15, 0.2) is 11.0 Å². The molecule has 21 heavy (non-hydrogen) atoms. The molecule has 0 aliphatic rings. The van der Waals surface area contributed by atoms with Gasteiger partial charge in [-0.25, -0.2) is 4.98 Å². The van der Waals surface area contributed by atoms with Crippen LogP contribution in [-0.2, 0) is 0 Å². The van der Waals surface area contributed by atoms with E-state index in [-0.39, 0.29) is 5.84 Å². The molecule has 0 aliphatic heterocycles. The van der Waals surface area contributed by atoms with Crippen molar-refractivity contribution in [1.29, 1.82) is 0 Å². The van der Waals surface area contributed by atoms with Crippen molar-refractivity contribution in [2.45, 2.75) is 17.0 Å². The van der Waals surface area contributed by atoms with E-state index in [1.54, 1.807) is 12.3 Å². The lowest BCUT2D eigenvalue weighted by Crippen LogP contribution is -2.14. The summed E-state index contributed by atoms with van der Waals surface area (Å²) in [6.07, 6.45) is 1.61. The van der Waals surface area contributed by atoms with Gasteiger partial charge in [-0.2, -0.15) is 0 Å². The summed E-state index contributed by atoms with van der Waals surface area (Å²) in [7, 11) is 0. The molecule has 7 heteroatoms. The predicted octanol–water partition coefficient (Wildman–Crippen LogP) is 2.51. The predicted molar refractivity (Wildman–Crippen MR) is 81.7 cm³/mol. The zero-order valence-electron chi connectivity index (χ0n) is 11.2. The highest BCUT2D eigenvalue weighted by Crippen LogP contribution is 2.27. The number of hydrogen-bond donors (Lipinski definition) is 3. The second-order valence-corrected chi connectivity index (χ2v) is 5.59. The summed E-state index contributed by atoms with van der Waals surface area (Å²) >= 11 is 1.46. The van der Waals surface area contributed by atoms with Gasteiger partial charge in [-0.15, -0.1) is 0 Å². The smallest absolute Gasteiger partial charge is 0.188 e. The number of aryl methyl sites for hydroxylation is 1. The highest BCUT2D eigenvalue weighted by Gasteiger charge is 2.07. The minimum absolute atomic E-state index is 0.0160. The maximum Gasteiger partial charge on any atom is 0.188 e. The van der Waals surface area contributed by atoms with Crippen LogP contribution in [-0.4, -0.2) is 26.0 Å². The van der Waals surface area contributed by atoms with Crippen LogP contribution in [0.4, 0.5) is 0 Å². The summed E-state index contributed by atoms with van der Waals surface area (Å²) in [5.41, 5.74) is 9.07. The van der Waals surface area contributed by atoms with Crippen molar-refractivity contribution in [3.63, 3.8) is 0 Å². The zero-order valence-corrected chi connectivity index (χ0v) is 12.1. The standard InChI is InChI=1S/C14H13N5OS/c1-8-2-3-10-11(6-8)18-14(17-10)21-9-4-5-16-12(7-9)13(15)19-20/h2-7,20H,1H3,(H2,15,19)(H,17,18). The van der Waals surface area contributed by atoms with Crippen LogP contribution in [0.3, 0.4) is 0 Å². The third-order valence-electron chi connectivity index (χ3n) is 2.93.